The summed E-state index contributed by atoms with van der Waals surface area (Å²) in [5.41, 5.74) is 2.79. The number of aromatic nitrogens is 2. The van der Waals surface area contributed by atoms with Gasteiger partial charge in [-0.15, -0.1) is 0 Å². The number of anilines is 1. The van der Waals surface area contributed by atoms with Gasteiger partial charge in [0, 0.05) is 24.7 Å². The number of nitrogens with one attached hydrogen (secondary N) is 1. The summed E-state index contributed by atoms with van der Waals surface area (Å²) in [5.74, 6) is 0.270. The van der Waals surface area contributed by atoms with Crippen molar-refractivity contribution >= 4 is 15.5 Å². The van der Waals surface area contributed by atoms with Crippen LogP contribution >= 0.6 is 0 Å². The lowest BCUT2D eigenvalue weighted by Crippen LogP contribution is -2.11. The molecular formula is C16H23N3O2S. The zero-order valence-electron chi connectivity index (χ0n) is 13.3. The Bertz CT molecular complexity index is 705. The van der Waals surface area contributed by atoms with Crippen LogP contribution in [0.1, 0.15) is 37.6 Å². The lowest BCUT2D eigenvalue weighted by molar-refractivity contribution is 0.596. The Morgan fingerprint density at radius 2 is 1.86 bits per heavy atom. The maximum absolute atomic E-state index is 11.6. The molecule has 6 heteroatoms. The average Bonchev–Trinajstić information content (AvgIpc) is 2.92. The molecule has 0 saturated heterocycles. The molecule has 0 aliphatic heterocycles. The van der Waals surface area contributed by atoms with Crippen molar-refractivity contribution in [1.82, 2.24) is 9.78 Å². The fraction of sp³-hybridized carbons (Fsp3) is 0.438. The highest BCUT2D eigenvalue weighted by Crippen LogP contribution is 2.21. The summed E-state index contributed by atoms with van der Waals surface area (Å²) in [6.07, 6.45) is 2.85. The van der Waals surface area contributed by atoms with Gasteiger partial charge in [0.05, 0.1) is 17.5 Å². The molecule has 0 spiro atoms. The monoisotopic (exact) mass is 321 g/mol. The van der Waals surface area contributed by atoms with Crippen molar-refractivity contribution in [2.45, 2.75) is 32.1 Å². The van der Waals surface area contributed by atoms with E-state index in [-0.39, 0.29) is 17.5 Å². The molecule has 2 rings (SSSR count). The number of hydrogen-bond acceptors (Lipinski definition) is 4. The van der Waals surface area contributed by atoms with Gasteiger partial charge in [-0.1, -0.05) is 26.0 Å². The van der Waals surface area contributed by atoms with E-state index in [0.29, 0.717) is 0 Å². The Balaban J connectivity index is 2.07. The van der Waals surface area contributed by atoms with E-state index < -0.39 is 9.84 Å². The highest BCUT2D eigenvalue weighted by molar-refractivity contribution is 7.90. The minimum absolute atomic E-state index is 0.0984. The Hall–Kier alpha value is -1.82. The molecule has 1 atom stereocenters. The van der Waals surface area contributed by atoms with E-state index in [1.165, 1.54) is 0 Å². The smallest absolute Gasteiger partial charge is 0.154 e. The number of rotatable bonds is 7. The zero-order chi connectivity index (χ0) is 16.2. The van der Waals surface area contributed by atoms with E-state index >= 15 is 0 Å². The highest BCUT2D eigenvalue weighted by Gasteiger charge is 2.12. The Morgan fingerprint density at radius 1 is 1.18 bits per heavy atom. The zero-order valence-corrected chi connectivity index (χ0v) is 14.1. The Kier molecular flexibility index (Phi) is 5.24. The van der Waals surface area contributed by atoms with Crippen LogP contribution < -0.4 is 5.32 Å². The van der Waals surface area contributed by atoms with E-state index in [2.05, 4.69) is 17.3 Å². The summed E-state index contributed by atoms with van der Waals surface area (Å²) in [7, 11) is -1.08. The lowest BCUT2D eigenvalue weighted by atomic mass is 10.1. The van der Waals surface area contributed by atoms with Crippen molar-refractivity contribution in [3.8, 4) is 0 Å². The van der Waals surface area contributed by atoms with Crippen LogP contribution in [0.3, 0.4) is 0 Å². The van der Waals surface area contributed by atoms with Crippen LogP contribution in [-0.2, 0) is 22.6 Å². The van der Waals surface area contributed by atoms with Gasteiger partial charge in [0.2, 0.25) is 0 Å². The molecule has 22 heavy (non-hydrogen) atoms. The Labute approximate surface area is 132 Å². The van der Waals surface area contributed by atoms with Crippen LogP contribution in [0, 0.1) is 0 Å². The fourth-order valence-corrected chi connectivity index (χ4v) is 3.16. The topological polar surface area (TPSA) is 64.0 Å². The van der Waals surface area contributed by atoms with Crippen molar-refractivity contribution in [3.63, 3.8) is 0 Å². The summed E-state index contributed by atoms with van der Waals surface area (Å²) in [5, 5.41) is 7.87. The number of aryl methyl sites for hydroxylation is 1. The summed E-state index contributed by atoms with van der Waals surface area (Å²) >= 11 is 0. The molecular weight excluding hydrogens is 298 g/mol. The largest absolute Gasteiger partial charge is 0.377 e. The normalized spacial score (nSPS) is 13.0. The van der Waals surface area contributed by atoms with Crippen LogP contribution in [0.4, 0.5) is 5.69 Å². The number of hydrogen-bond donors (Lipinski definition) is 1. The first-order chi connectivity index (χ1) is 10.4. The molecule has 2 aromatic rings. The van der Waals surface area contributed by atoms with Crippen LogP contribution in [0.15, 0.2) is 36.5 Å². The van der Waals surface area contributed by atoms with Gasteiger partial charge in [-0.3, -0.25) is 4.68 Å². The van der Waals surface area contributed by atoms with Gasteiger partial charge in [0.15, 0.2) is 9.84 Å². The molecule has 0 radical (unpaired) electrons. The van der Waals surface area contributed by atoms with Gasteiger partial charge in [0.25, 0.3) is 0 Å². The van der Waals surface area contributed by atoms with E-state index in [1.807, 2.05) is 43.6 Å². The third kappa shape index (κ3) is 4.34. The predicted molar refractivity (Wildman–Crippen MR) is 89.5 cm³/mol. The van der Waals surface area contributed by atoms with Gasteiger partial charge >= 0.3 is 0 Å². The standard InChI is InChI=1S/C16H23N3O2S/c1-4-15(16-10-11-19(3)18-16)17-14-8-6-13(7-9-14)12-22(20,21)5-2/h6-11,15,17H,4-5,12H2,1-3H3. The van der Waals surface area contributed by atoms with E-state index in [9.17, 15) is 8.42 Å². The highest BCUT2D eigenvalue weighted by atomic mass is 32.2. The van der Waals surface area contributed by atoms with Gasteiger partial charge in [-0.05, 0) is 30.2 Å². The number of sulfone groups is 1. The average molecular weight is 321 g/mol. The van der Waals surface area contributed by atoms with Gasteiger partial charge in [-0.2, -0.15) is 5.10 Å². The molecule has 1 N–H and O–H groups in total. The lowest BCUT2D eigenvalue weighted by Gasteiger charge is -2.16. The van der Waals surface area contributed by atoms with Crippen molar-refractivity contribution in [2.24, 2.45) is 7.05 Å². The molecule has 5 nitrogen and oxygen atoms in total. The second-order valence-electron chi connectivity index (χ2n) is 5.39. The summed E-state index contributed by atoms with van der Waals surface area (Å²) in [6, 6.07) is 9.72. The van der Waals surface area contributed by atoms with Gasteiger partial charge in [0.1, 0.15) is 0 Å². The van der Waals surface area contributed by atoms with E-state index in [0.717, 1.165) is 23.4 Å². The van der Waals surface area contributed by atoms with Crippen LogP contribution in [-0.4, -0.2) is 24.0 Å². The van der Waals surface area contributed by atoms with Gasteiger partial charge < -0.3 is 5.32 Å². The molecule has 0 aliphatic carbocycles. The Morgan fingerprint density at radius 3 is 2.36 bits per heavy atom. The minimum Gasteiger partial charge on any atom is -0.377 e. The first-order valence-electron chi connectivity index (χ1n) is 7.49. The summed E-state index contributed by atoms with van der Waals surface area (Å²) in [6.45, 7) is 3.78. The molecule has 0 fully saturated rings. The second-order valence-corrected chi connectivity index (χ2v) is 7.75. The van der Waals surface area contributed by atoms with E-state index in [1.54, 1.807) is 11.6 Å². The van der Waals surface area contributed by atoms with Crippen molar-refractivity contribution in [1.29, 1.82) is 0 Å². The summed E-state index contributed by atoms with van der Waals surface area (Å²) < 4.78 is 25.1. The molecule has 0 amide bonds. The second kappa shape index (κ2) is 6.96. The summed E-state index contributed by atoms with van der Waals surface area (Å²) in [4.78, 5) is 0. The number of benzene rings is 1. The fourth-order valence-electron chi connectivity index (χ4n) is 2.26. The maximum Gasteiger partial charge on any atom is 0.154 e. The molecule has 120 valence electrons. The van der Waals surface area contributed by atoms with Crippen molar-refractivity contribution in [3.05, 3.63) is 47.8 Å². The molecule has 1 unspecified atom stereocenters. The quantitative estimate of drug-likeness (QED) is 0.851. The number of nitrogens with zero attached hydrogens (tertiary/aromatic N) is 2. The first kappa shape index (κ1) is 16.5. The third-order valence-electron chi connectivity index (χ3n) is 3.62. The van der Waals surface area contributed by atoms with E-state index in [4.69, 9.17) is 0 Å². The molecule has 0 aliphatic rings. The predicted octanol–water partition coefficient (Wildman–Crippen LogP) is 2.92. The van der Waals surface area contributed by atoms with Crippen molar-refractivity contribution in [2.75, 3.05) is 11.1 Å². The van der Waals surface area contributed by atoms with Crippen molar-refractivity contribution < 1.29 is 8.42 Å². The molecule has 0 bridgehead atoms. The minimum atomic E-state index is -2.99. The third-order valence-corrected chi connectivity index (χ3v) is 5.27. The molecule has 1 aromatic carbocycles. The maximum atomic E-state index is 11.6. The van der Waals surface area contributed by atoms with Crippen LogP contribution in [0.2, 0.25) is 0 Å². The molecule has 1 heterocycles. The van der Waals surface area contributed by atoms with Crippen LogP contribution in [0.25, 0.3) is 0 Å². The molecule has 1 aromatic heterocycles. The first-order valence-corrected chi connectivity index (χ1v) is 9.31. The molecule has 0 saturated carbocycles. The van der Waals surface area contributed by atoms with Crippen LogP contribution in [0.5, 0.6) is 0 Å². The SMILES string of the molecule is CCC(Nc1ccc(CS(=O)(=O)CC)cc1)c1ccn(C)n1. The van der Waals surface area contributed by atoms with Gasteiger partial charge in [-0.25, -0.2) is 8.42 Å².